The summed E-state index contributed by atoms with van der Waals surface area (Å²) >= 11 is 0. The van der Waals surface area contributed by atoms with Crippen molar-refractivity contribution in [3.8, 4) is 11.5 Å². The predicted octanol–water partition coefficient (Wildman–Crippen LogP) is 3.36. The molecule has 3 rings (SSSR count). The van der Waals surface area contributed by atoms with E-state index in [1.807, 2.05) is 6.07 Å². The van der Waals surface area contributed by atoms with Gasteiger partial charge in [0, 0.05) is 18.5 Å². The molecule has 1 atom stereocenters. The van der Waals surface area contributed by atoms with Crippen LogP contribution in [0.25, 0.3) is 0 Å². The average Bonchev–Trinajstić information content (AvgIpc) is 2.64. The molecule has 1 saturated heterocycles. The summed E-state index contributed by atoms with van der Waals surface area (Å²) in [6, 6.07) is 12.0. The molecule has 0 spiro atoms. The Hall–Kier alpha value is -2.11. The lowest BCUT2D eigenvalue weighted by atomic mass is 9.75. The van der Waals surface area contributed by atoms with E-state index in [2.05, 4.69) is 4.90 Å². The Kier molecular flexibility index (Phi) is 5.79. The maximum absolute atomic E-state index is 13.1. The van der Waals surface area contributed by atoms with E-state index in [9.17, 15) is 14.6 Å². The van der Waals surface area contributed by atoms with Gasteiger partial charge in [0.2, 0.25) is 0 Å². The summed E-state index contributed by atoms with van der Waals surface area (Å²) in [6.07, 6.45) is 2.68. The molecule has 1 fully saturated rings. The second-order valence-electron chi connectivity index (χ2n) is 7.28. The lowest BCUT2D eigenvalue weighted by Crippen LogP contribution is -2.46. The molecule has 1 heterocycles. The van der Waals surface area contributed by atoms with Crippen LogP contribution in [0.1, 0.15) is 24.0 Å². The first-order valence-electron chi connectivity index (χ1n) is 8.97. The van der Waals surface area contributed by atoms with Crippen LogP contribution in [0.4, 0.5) is 4.39 Å². The number of aliphatic hydroxyl groups is 1. The van der Waals surface area contributed by atoms with Crippen LogP contribution in [0, 0.1) is 11.2 Å². The molecule has 0 aromatic heterocycles. The molecule has 1 aliphatic heterocycles. The van der Waals surface area contributed by atoms with Crippen LogP contribution in [0.5, 0.6) is 11.5 Å². The van der Waals surface area contributed by atoms with E-state index in [1.54, 1.807) is 24.3 Å². The number of aromatic hydroxyl groups is 1. The largest absolute Gasteiger partial charge is 0.504 e. The minimum Gasteiger partial charge on any atom is -0.504 e. The molecule has 2 N–H and O–H groups in total. The van der Waals surface area contributed by atoms with Crippen LogP contribution in [0.3, 0.4) is 0 Å². The van der Waals surface area contributed by atoms with Crippen molar-refractivity contribution >= 4 is 0 Å². The van der Waals surface area contributed by atoms with E-state index < -0.39 is 0 Å². The predicted molar refractivity (Wildman–Crippen MR) is 98.8 cm³/mol. The highest BCUT2D eigenvalue weighted by Crippen LogP contribution is 2.35. The molecule has 0 aliphatic carbocycles. The number of nitrogens with zero attached hydrogens (tertiary/aromatic N) is 1. The molecule has 2 aromatic rings. The van der Waals surface area contributed by atoms with Gasteiger partial charge in [-0.25, -0.2) is 4.39 Å². The molecular formula is C21H26FNO3. The molecule has 0 bridgehead atoms. The Balaban J connectivity index is 1.70. The second kappa shape index (κ2) is 8.06. The van der Waals surface area contributed by atoms with E-state index in [4.69, 9.17) is 4.74 Å². The summed E-state index contributed by atoms with van der Waals surface area (Å²) in [4.78, 5) is 2.31. The van der Waals surface area contributed by atoms with Crippen LogP contribution >= 0.6 is 0 Å². The number of phenolic OH excluding ortho intramolecular Hbond substituents is 1. The van der Waals surface area contributed by atoms with Gasteiger partial charge in [-0.2, -0.15) is 0 Å². The lowest BCUT2D eigenvalue weighted by Gasteiger charge is -2.42. The van der Waals surface area contributed by atoms with Gasteiger partial charge in [-0.15, -0.1) is 0 Å². The number of likely N-dealkylation sites (tertiary alicyclic amines) is 1. The minimum absolute atomic E-state index is 0.106. The van der Waals surface area contributed by atoms with Crippen LogP contribution in [-0.4, -0.2) is 41.9 Å². The first-order valence-corrected chi connectivity index (χ1v) is 8.97. The first kappa shape index (κ1) is 18.7. The van der Waals surface area contributed by atoms with Crippen molar-refractivity contribution in [1.29, 1.82) is 0 Å². The number of piperidine rings is 1. The Morgan fingerprint density at radius 2 is 1.88 bits per heavy atom. The van der Waals surface area contributed by atoms with Crippen molar-refractivity contribution < 1.29 is 19.3 Å². The molecule has 0 saturated carbocycles. The molecule has 0 radical (unpaired) electrons. The number of phenols is 1. The highest BCUT2D eigenvalue weighted by molar-refractivity contribution is 5.41. The maximum atomic E-state index is 13.1. The van der Waals surface area contributed by atoms with Crippen LogP contribution in [0.2, 0.25) is 0 Å². The third-order valence-electron chi connectivity index (χ3n) is 5.22. The fraction of sp³-hybridized carbons (Fsp3) is 0.429. The molecule has 2 aromatic carbocycles. The molecule has 5 heteroatoms. The van der Waals surface area contributed by atoms with E-state index in [0.29, 0.717) is 12.3 Å². The van der Waals surface area contributed by atoms with E-state index >= 15 is 0 Å². The number of benzene rings is 2. The maximum Gasteiger partial charge on any atom is 0.160 e. The number of aliphatic hydroxyl groups excluding tert-OH is 1. The van der Waals surface area contributed by atoms with Crippen molar-refractivity contribution in [2.45, 2.75) is 25.8 Å². The summed E-state index contributed by atoms with van der Waals surface area (Å²) in [5, 5.41) is 20.1. The van der Waals surface area contributed by atoms with Gasteiger partial charge in [0.05, 0.1) is 13.7 Å². The molecule has 0 unspecified atom stereocenters. The molecule has 140 valence electrons. The summed E-state index contributed by atoms with van der Waals surface area (Å²) in [7, 11) is 1.53. The van der Waals surface area contributed by atoms with Gasteiger partial charge in [-0.1, -0.05) is 18.2 Å². The van der Waals surface area contributed by atoms with Gasteiger partial charge in [-0.05, 0) is 61.2 Å². The molecule has 1 aliphatic rings. The Morgan fingerprint density at radius 3 is 2.54 bits per heavy atom. The summed E-state index contributed by atoms with van der Waals surface area (Å²) in [5.74, 6) is 0.367. The smallest absolute Gasteiger partial charge is 0.160 e. The fourth-order valence-corrected chi connectivity index (χ4v) is 3.90. The molecule has 4 nitrogen and oxygen atoms in total. The molecule has 26 heavy (non-hydrogen) atoms. The fourth-order valence-electron chi connectivity index (χ4n) is 3.90. The van der Waals surface area contributed by atoms with Crippen LogP contribution in [-0.2, 0) is 13.0 Å². The minimum atomic E-state index is -0.239. The standard InChI is InChI=1S/C21H26FNO3/c1-26-20-8-5-17(11-19(20)25)13-23-10-2-9-21(14-23,15-24)12-16-3-6-18(22)7-4-16/h3-8,11,24-25H,2,9-10,12-15H2,1H3/t21-/m1/s1. The zero-order valence-electron chi connectivity index (χ0n) is 15.1. The Labute approximate surface area is 153 Å². The molecular weight excluding hydrogens is 333 g/mol. The normalized spacial score (nSPS) is 20.9. The van der Waals surface area contributed by atoms with Gasteiger partial charge >= 0.3 is 0 Å². The number of hydrogen-bond donors (Lipinski definition) is 2. The highest BCUT2D eigenvalue weighted by Gasteiger charge is 2.35. The van der Waals surface area contributed by atoms with Crippen molar-refractivity contribution in [2.75, 3.05) is 26.8 Å². The third-order valence-corrected chi connectivity index (χ3v) is 5.22. The number of rotatable bonds is 6. The van der Waals surface area contributed by atoms with Gasteiger partial charge in [-0.3, -0.25) is 4.90 Å². The lowest BCUT2D eigenvalue weighted by molar-refractivity contribution is 0.0288. The summed E-state index contributed by atoms with van der Waals surface area (Å²) < 4.78 is 18.2. The SMILES string of the molecule is COc1ccc(CN2CCC[C@@](CO)(Cc3ccc(F)cc3)C2)cc1O. The van der Waals surface area contributed by atoms with E-state index in [-0.39, 0.29) is 23.6 Å². The Bertz CT molecular complexity index is 735. The monoisotopic (exact) mass is 359 g/mol. The second-order valence-corrected chi connectivity index (χ2v) is 7.28. The van der Waals surface area contributed by atoms with Gasteiger partial charge in [0.1, 0.15) is 5.82 Å². The molecule has 0 amide bonds. The van der Waals surface area contributed by atoms with Gasteiger partial charge in [0.25, 0.3) is 0 Å². The quantitative estimate of drug-likeness (QED) is 0.830. The van der Waals surface area contributed by atoms with Crippen molar-refractivity contribution in [3.05, 3.63) is 59.4 Å². The van der Waals surface area contributed by atoms with E-state index in [1.165, 1.54) is 19.2 Å². The van der Waals surface area contributed by atoms with Gasteiger partial charge < -0.3 is 14.9 Å². The zero-order valence-corrected chi connectivity index (χ0v) is 15.1. The summed E-state index contributed by atoms with van der Waals surface area (Å²) in [5.41, 5.74) is 1.84. The van der Waals surface area contributed by atoms with Crippen LogP contribution < -0.4 is 4.74 Å². The Morgan fingerprint density at radius 1 is 1.15 bits per heavy atom. The highest BCUT2D eigenvalue weighted by atomic mass is 19.1. The number of halogens is 1. The number of ether oxygens (including phenoxy) is 1. The van der Waals surface area contributed by atoms with Crippen molar-refractivity contribution in [3.63, 3.8) is 0 Å². The third kappa shape index (κ3) is 4.34. The zero-order chi connectivity index (χ0) is 18.6. The van der Waals surface area contributed by atoms with Crippen molar-refractivity contribution in [2.24, 2.45) is 5.41 Å². The van der Waals surface area contributed by atoms with Gasteiger partial charge in [0.15, 0.2) is 11.5 Å². The van der Waals surface area contributed by atoms with Crippen molar-refractivity contribution in [1.82, 2.24) is 4.90 Å². The number of hydrogen-bond acceptors (Lipinski definition) is 4. The topological polar surface area (TPSA) is 52.9 Å². The average molecular weight is 359 g/mol. The first-order chi connectivity index (χ1) is 12.5. The van der Waals surface area contributed by atoms with Crippen LogP contribution in [0.15, 0.2) is 42.5 Å². The van der Waals surface area contributed by atoms with E-state index in [0.717, 1.165) is 43.5 Å². The summed E-state index contributed by atoms with van der Waals surface area (Å²) in [6.45, 7) is 2.54. The number of methoxy groups -OCH3 is 1.